The number of hydrogen-bond acceptors (Lipinski definition) is 3. The molecule has 0 atom stereocenters. The number of nitrogens with zero attached hydrogens (tertiary/aromatic N) is 5. The lowest BCUT2D eigenvalue weighted by Crippen LogP contribution is -2.00. The highest BCUT2D eigenvalue weighted by molar-refractivity contribution is 6.33. The number of halogens is 2. The molecule has 0 radical (unpaired) electrons. The first-order chi connectivity index (χ1) is 11.2. The fraction of sp³-hybridized carbons (Fsp3) is 0.0625. The van der Waals surface area contributed by atoms with Gasteiger partial charge in [0.25, 0.3) is 0 Å². The predicted molar refractivity (Wildman–Crippen MR) is 86.0 cm³/mol. The summed E-state index contributed by atoms with van der Waals surface area (Å²) in [5.41, 5.74) is 2.62. The maximum Gasteiger partial charge on any atom is 0.149 e. The Labute approximate surface area is 135 Å². The van der Waals surface area contributed by atoms with Gasteiger partial charge in [0.05, 0.1) is 21.8 Å². The number of benzene rings is 2. The standard InChI is InChI=1S/C16H11ClFN5/c1-22-12-6-3-7-13(15(12)20-21-22)23-9-8-19-16(23)14-10(17)4-2-5-11(14)18/h2-9H,1H3. The highest BCUT2D eigenvalue weighted by Crippen LogP contribution is 2.32. The van der Waals surface area contributed by atoms with Crippen molar-refractivity contribution in [3.8, 4) is 17.1 Å². The molecule has 23 heavy (non-hydrogen) atoms. The van der Waals surface area contributed by atoms with E-state index in [0.29, 0.717) is 16.4 Å². The summed E-state index contributed by atoms with van der Waals surface area (Å²) in [6, 6.07) is 10.3. The van der Waals surface area contributed by atoms with Crippen molar-refractivity contribution >= 4 is 22.6 Å². The van der Waals surface area contributed by atoms with Crippen LogP contribution in [0.2, 0.25) is 5.02 Å². The van der Waals surface area contributed by atoms with Crippen molar-refractivity contribution in [1.82, 2.24) is 24.5 Å². The molecule has 5 nitrogen and oxygen atoms in total. The number of rotatable bonds is 2. The average molecular weight is 328 g/mol. The third kappa shape index (κ3) is 2.10. The average Bonchev–Trinajstić information content (AvgIpc) is 3.15. The minimum Gasteiger partial charge on any atom is -0.297 e. The first kappa shape index (κ1) is 13.9. The van der Waals surface area contributed by atoms with Gasteiger partial charge in [0.15, 0.2) is 0 Å². The normalized spacial score (nSPS) is 11.3. The third-order valence-electron chi connectivity index (χ3n) is 3.71. The van der Waals surface area contributed by atoms with Gasteiger partial charge in [-0.3, -0.25) is 4.57 Å². The van der Waals surface area contributed by atoms with Gasteiger partial charge in [-0.1, -0.05) is 28.9 Å². The van der Waals surface area contributed by atoms with E-state index in [2.05, 4.69) is 15.3 Å². The van der Waals surface area contributed by atoms with Gasteiger partial charge < -0.3 is 0 Å². The van der Waals surface area contributed by atoms with E-state index in [0.717, 1.165) is 11.2 Å². The second kappa shape index (κ2) is 5.17. The molecule has 0 bridgehead atoms. The van der Waals surface area contributed by atoms with Gasteiger partial charge in [-0.15, -0.1) is 5.10 Å². The Morgan fingerprint density at radius 1 is 1.13 bits per heavy atom. The molecule has 0 saturated carbocycles. The van der Waals surface area contributed by atoms with E-state index in [1.807, 2.05) is 25.2 Å². The zero-order chi connectivity index (χ0) is 16.0. The van der Waals surface area contributed by atoms with Crippen molar-refractivity contribution in [2.75, 3.05) is 0 Å². The number of aryl methyl sites for hydroxylation is 1. The van der Waals surface area contributed by atoms with Crippen LogP contribution in [0.25, 0.3) is 28.1 Å². The summed E-state index contributed by atoms with van der Waals surface area (Å²) in [7, 11) is 1.82. The summed E-state index contributed by atoms with van der Waals surface area (Å²) in [5.74, 6) is 0.00234. The smallest absolute Gasteiger partial charge is 0.149 e. The molecule has 2 aromatic heterocycles. The van der Waals surface area contributed by atoms with Crippen LogP contribution >= 0.6 is 11.6 Å². The van der Waals surface area contributed by atoms with Gasteiger partial charge in [-0.2, -0.15) is 0 Å². The molecule has 4 rings (SSSR count). The highest BCUT2D eigenvalue weighted by atomic mass is 35.5. The lowest BCUT2D eigenvalue weighted by atomic mass is 10.2. The molecule has 0 aliphatic heterocycles. The van der Waals surface area contributed by atoms with E-state index < -0.39 is 5.82 Å². The summed E-state index contributed by atoms with van der Waals surface area (Å²) in [6.07, 6.45) is 3.36. The first-order valence-corrected chi connectivity index (χ1v) is 7.31. The molecule has 0 amide bonds. The maximum atomic E-state index is 14.3. The quantitative estimate of drug-likeness (QED) is 0.565. The fourth-order valence-electron chi connectivity index (χ4n) is 2.63. The summed E-state index contributed by atoms with van der Waals surface area (Å²) in [5, 5.41) is 8.54. The summed E-state index contributed by atoms with van der Waals surface area (Å²) < 4.78 is 17.7. The molecule has 0 aliphatic rings. The fourth-order valence-corrected chi connectivity index (χ4v) is 2.88. The van der Waals surface area contributed by atoms with Crippen LogP contribution < -0.4 is 0 Å². The number of fused-ring (bicyclic) bond motifs is 1. The highest BCUT2D eigenvalue weighted by Gasteiger charge is 2.18. The van der Waals surface area contributed by atoms with Crippen LogP contribution in [0.4, 0.5) is 4.39 Å². The zero-order valence-corrected chi connectivity index (χ0v) is 12.9. The van der Waals surface area contributed by atoms with Crippen LogP contribution in [0.15, 0.2) is 48.8 Å². The van der Waals surface area contributed by atoms with Crippen LogP contribution in [0.5, 0.6) is 0 Å². The van der Waals surface area contributed by atoms with Crippen LogP contribution in [-0.4, -0.2) is 24.5 Å². The number of hydrogen-bond donors (Lipinski definition) is 0. The molecule has 7 heteroatoms. The van der Waals surface area contributed by atoms with E-state index in [4.69, 9.17) is 11.6 Å². The molecule has 2 aromatic carbocycles. The van der Waals surface area contributed by atoms with E-state index in [1.165, 1.54) is 6.07 Å². The van der Waals surface area contributed by atoms with Gasteiger partial charge in [0, 0.05) is 19.4 Å². The monoisotopic (exact) mass is 327 g/mol. The maximum absolute atomic E-state index is 14.3. The summed E-state index contributed by atoms with van der Waals surface area (Å²) in [4.78, 5) is 4.28. The Kier molecular flexibility index (Phi) is 3.12. The summed E-state index contributed by atoms with van der Waals surface area (Å²) in [6.45, 7) is 0. The molecule has 0 unspecified atom stereocenters. The number of imidazole rings is 1. The predicted octanol–water partition coefficient (Wildman–Crippen LogP) is 3.61. The Balaban J connectivity index is 2.00. The second-order valence-corrected chi connectivity index (χ2v) is 5.48. The molecular weight excluding hydrogens is 317 g/mol. The largest absolute Gasteiger partial charge is 0.297 e. The van der Waals surface area contributed by atoms with Crippen molar-refractivity contribution in [3.05, 3.63) is 59.6 Å². The molecule has 0 N–H and O–H groups in total. The van der Waals surface area contributed by atoms with Gasteiger partial charge >= 0.3 is 0 Å². The topological polar surface area (TPSA) is 48.5 Å². The molecule has 0 saturated heterocycles. The Hall–Kier alpha value is -2.73. The van der Waals surface area contributed by atoms with Crippen molar-refractivity contribution in [3.63, 3.8) is 0 Å². The summed E-state index contributed by atoms with van der Waals surface area (Å²) >= 11 is 6.18. The molecular formula is C16H11ClFN5. The SMILES string of the molecule is Cn1nnc2c(-n3ccnc3-c3c(F)cccc3Cl)cccc21. The van der Waals surface area contributed by atoms with Gasteiger partial charge in [0.1, 0.15) is 17.2 Å². The van der Waals surface area contributed by atoms with E-state index >= 15 is 0 Å². The van der Waals surface area contributed by atoms with E-state index in [9.17, 15) is 4.39 Å². The number of aromatic nitrogens is 5. The molecule has 114 valence electrons. The first-order valence-electron chi connectivity index (χ1n) is 6.93. The molecule has 4 aromatic rings. The molecule has 0 aliphatic carbocycles. The van der Waals surface area contributed by atoms with Crippen LogP contribution in [0.1, 0.15) is 0 Å². The van der Waals surface area contributed by atoms with E-state index in [-0.39, 0.29) is 5.56 Å². The van der Waals surface area contributed by atoms with Gasteiger partial charge in [-0.25, -0.2) is 14.1 Å². The van der Waals surface area contributed by atoms with Crippen molar-refractivity contribution < 1.29 is 4.39 Å². The Morgan fingerprint density at radius 3 is 2.78 bits per heavy atom. The van der Waals surface area contributed by atoms with Crippen LogP contribution in [-0.2, 0) is 7.05 Å². The van der Waals surface area contributed by atoms with Gasteiger partial charge in [0.2, 0.25) is 0 Å². The third-order valence-corrected chi connectivity index (χ3v) is 4.02. The van der Waals surface area contributed by atoms with Crippen molar-refractivity contribution in [2.24, 2.45) is 7.05 Å². The van der Waals surface area contributed by atoms with Crippen LogP contribution in [0, 0.1) is 5.82 Å². The second-order valence-electron chi connectivity index (χ2n) is 5.08. The van der Waals surface area contributed by atoms with Gasteiger partial charge in [-0.05, 0) is 24.3 Å². The van der Waals surface area contributed by atoms with Crippen molar-refractivity contribution in [2.45, 2.75) is 0 Å². The molecule has 0 fully saturated rings. The van der Waals surface area contributed by atoms with Crippen LogP contribution in [0.3, 0.4) is 0 Å². The Bertz CT molecular complexity index is 1000. The lowest BCUT2D eigenvalue weighted by Gasteiger charge is -2.10. The minimum atomic E-state index is -0.420. The Morgan fingerprint density at radius 2 is 1.96 bits per heavy atom. The molecule has 2 heterocycles. The lowest BCUT2D eigenvalue weighted by molar-refractivity contribution is 0.629. The van der Waals surface area contributed by atoms with Crippen molar-refractivity contribution in [1.29, 1.82) is 0 Å². The molecule has 0 spiro atoms. The minimum absolute atomic E-state index is 0.264. The van der Waals surface area contributed by atoms with E-state index in [1.54, 1.807) is 33.8 Å². The zero-order valence-electron chi connectivity index (χ0n) is 12.1.